The topological polar surface area (TPSA) is 43.9 Å². The molecule has 0 unspecified atom stereocenters. The molecule has 1 fully saturated rings. The maximum atomic E-state index is 12.4. The van der Waals surface area contributed by atoms with E-state index in [1.165, 1.54) is 20.7 Å². The summed E-state index contributed by atoms with van der Waals surface area (Å²) in [4.78, 5) is 31.3. The molecular weight excluding hydrogens is 394 g/mol. The van der Waals surface area contributed by atoms with E-state index >= 15 is 0 Å². The van der Waals surface area contributed by atoms with Crippen LogP contribution in [0.15, 0.2) is 53.9 Å². The lowest BCUT2D eigenvalue weighted by Crippen LogP contribution is -2.46. The molecule has 3 heterocycles. The highest BCUT2D eigenvalue weighted by atomic mass is 32.1. The number of amides is 2. The first-order chi connectivity index (χ1) is 14.7. The Bertz CT molecular complexity index is 1050. The summed E-state index contributed by atoms with van der Waals surface area (Å²) in [6.07, 6.45) is 1.84. The van der Waals surface area contributed by atoms with Crippen molar-refractivity contribution in [3.05, 3.63) is 65.0 Å². The van der Waals surface area contributed by atoms with E-state index in [-0.39, 0.29) is 11.8 Å². The van der Waals surface area contributed by atoms with Gasteiger partial charge in [-0.1, -0.05) is 18.2 Å². The third kappa shape index (κ3) is 3.50. The zero-order chi connectivity index (χ0) is 20.5. The number of piperazine rings is 1. The monoisotopic (exact) mass is 419 g/mol. The van der Waals surface area contributed by atoms with Crippen LogP contribution in [0.3, 0.4) is 0 Å². The van der Waals surface area contributed by atoms with Gasteiger partial charge in [-0.3, -0.25) is 19.4 Å². The van der Waals surface area contributed by atoms with Gasteiger partial charge < -0.3 is 4.90 Å². The number of fused-ring (bicyclic) bond motifs is 2. The zero-order valence-electron chi connectivity index (χ0n) is 16.9. The molecule has 30 heavy (non-hydrogen) atoms. The molecule has 0 saturated carbocycles. The van der Waals surface area contributed by atoms with E-state index in [1.54, 1.807) is 23.5 Å². The highest BCUT2D eigenvalue weighted by Crippen LogP contribution is 2.31. The highest BCUT2D eigenvalue weighted by Gasteiger charge is 2.34. The number of rotatable bonds is 6. The van der Waals surface area contributed by atoms with Crippen molar-refractivity contribution in [3.63, 3.8) is 0 Å². The van der Waals surface area contributed by atoms with Gasteiger partial charge in [0.15, 0.2) is 0 Å². The lowest BCUT2D eigenvalue weighted by Gasteiger charge is -2.36. The summed E-state index contributed by atoms with van der Waals surface area (Å²) >= 11 is 1.80. The van der Waals surface area contributed by atoms with Crippen molar-refractivity contribution in [3.8, 4) is 0 Å². The van der Waals surface area contributed by atoms with Gasteiger partial charge in [-0.15, -0.1) is 11.3 Å². The Kier molecular flexibility index (Phi) is 5.27. The Balaban J connectivity index is 1.09. The van der Waals surface area contributed by atoms with E-state index < -0.39 is 0 Å². The van der Waals surface area contributed by atoms with Crippen LogP contribution in [-0.2, 0) is 0 Å². The van der Waals surface area contributed by atoms with Crippen LogP contribution in [0.5, 0.6) is 0 Å². The molecule has 2 amide bonds. The maximum Gasteiger partial charge on any atom is 0.261 e. The fourth-order valence-corrected chi connectivity index (χ4v) is 5.32. The Morgan fingerprint density at radius 3 is 2.20 bits per heavy atom. The fraction of sp³-hybridized carbons (Fsp3) is 0.333. The van der Waals surface area contributed by atoms with Crippen molar-refractivity contribution in [2.75, 3.05) is 44.2 Å². The number of unbranched alkanes of at least 4 members (excludes halogenated alkanes) is 1. The number of thiophene rings is 1. The lowest BCUT2D eigenvalue weighted by atomic mass is 10.1. The molecule has 0 N–H and O–H groups in total. The number of benzene rings is 2. The largest absolute Gasteiger partial charge is 0.368 e. The lowest BCUT2D eigenvalue weighted by molar-refractivity contribution is 0.0650. The van der Waals surface area contributed by atoms with E-state index in [4.69, 9.17) is 0 Å². The van der Waals surface area contributed by atoms with E-state index in [0.29, 0.717) is 17.7 Å². The van der Waals surface area contributed by atoms with Crippen molar-refractivity contribution in [2.24, 2.45) is 0 Å². The van der Waals surface area contributed by atoms with Gasteiger partial charge in [-0.05, 0) is 55.1 Å². The minimum Gasteiger partial charge on any atom is -0.368 e. The van der Waals surface area contributed by atoms with Crippen molar-refractivity contribution in [1.29, 1.82) is 0 Å². The number of hydrogen-bond acceptors (Lipinski definition) is 5. The third-order valence-electron chi connectivity index (χ3n) is 6.17. The molecular formula is C24H25N3O2S. The van der Waals surface area contributed by atoms with Crippen LogP contribution in [0.2, 0.25) is 0 Å². The number of imide groups is 1. The van der Waals surface area contributed by atoms with Crippen LogP contribution in [-0.4, -0.2) is 60.9 Å². The van der Waals surface area contributed by atoms with Gasteiger partial charge in [0.1, 0.15) is 0 Å². The van der Waals surface area contributed by atoms with Gasteiger partial charge in [0.25, 0.3) is 11.8 Å². The number of hydrogen-bond donors (Lipinski definition) is 0. The van der Waals surface area contributed by atoms with Crippen molar-refractivity contribution in [1.82, 2.24) is 9.80 Å². The Morgan fingerprint density at radius 2 is 1.47 bits per heavy atom. The average Bonchev–Trinajstić information content (AvgIpc) is 3.36. The first-order valence-electron chi connectivity index (χ1n) is 10.6. The first kappa shape index (κ1) is 19.3. The molecule has 154 valence electrons. The smallest absolute Gasteiger partial charge is 0.261 e. The second kappa shape index (κ2) is 8.20. The number of carbonyl (C=O) groups excluding carboxylic acids is 2. The molecule has 2 aliphatic heterocycles. The zero-order valence-corrected chi connectivity index (χ0v) is 17.7. The number of anilines is 1. The molecule has 0 aliphatic carbocycles. The Labute approximate surface area is 180 Å². The summed E-state index contributed by atoms with van der Waals surface area (Å²) < 4.78 is 1.35. The summed E-state index contributed by atoms with van der Waals surface area (Å²) in [6.45, 7) is 5.69. The molecule has 0 radical (unpaired) electrons. The molecule has 2 aromatic carbocycles. The number of nitrogens with zero attached hydrogens (tertiary/aromatic N) is 3. The van der Waals surface area contributed by atoms with Crippen LogP contribution in [0.25, 0.3) is 10.1 Å². The third-order valence-corrected chi connectivity index (χ3v) is 7.05. The van der Waals surface area contributed by atoms with E-state index in [2.05, 4.69) is 39.4 Å². The van der Waals surface area contributed by atoms with Crippen LogP contribution in [0, 0.1) is 0 Å². The van der Waals surface area contributed by atoms with Crippen LogP contribution >= 0.6 is 11.3 Å². The van der Waals surface area contributed by atoms with Gasteiger partial charge in [-0.2, -0.15) is 0 Å². The Morgan fingerprint density at radius 1 is 0.767 bits per heavy atom. The molecule has 0 spiro atoms. The molecule has 5 nitrogen and oxygen atoms in total. The molecule has 0 atom stereocenters. The maximum absolute atomic E-state index is 12.4. The van der Waals surface area contributed by atoms with Crippen molar-refractivity contribution >= 4 is 38.9 Å². The average molecular weight is 420 g/mol. The van der Waals surface area contributed by atoms with Crippen LogP contribution < -0.4 is 4.90 Å². The molecule has 2 aliphatic rings. The molecule has 6 heteroatoms. The summed E-state index contributed by atoms with van der Waals surface area (Å²) in [5.74, 6) is -0.293. The van der Waals surface area contributed by atoms with Gasteiger partial charge in [-0.25, -0.2) is 0 Å². The molecule has 5 rings (SSSR count). The quantitative estimate of drug-likeness (QED) is 0.446. The summed E-state index contributed by atoms with van der Waals surface area (Å²) in [5, 5.41) is 3.52. The Hall–Kier alpha value is -2.70. The van der Waals surface area contributed by atoms with Crippen LogP contribution in [0.4, 0.5) is 5.69 Å². The number of carbonyl (C=O) groups is 2. The predicted molar refractivity (Wildman–Crippen MR) is 122 cm³/mol. The second-order valence-electron chi connectivity index (χ2n) is 7.95. The molecule has 1 aromatic heterocycles. The second-order valence-corrected chi connectivity index (χ2v) is 8.90. The van der Waals surface area contributed by atoms with Crippen molar-refractivity contribution in [2.45, 2.75) is 12.8 Å². The summed E-state index contributed by atoms with van der Waals surface area (Å²) in [5.41, 5.74) is 2.43. The normalized spacial score (nSPS) is 17.2. The van der Waals surface area contributed by atoms with Gasteiger partial charge in [0.2, 0.25) is 0 Å². The minimum absolute atomic E-state index is 0.146. The van der Waals surface area contributed by atoms with Gasteiger partial charge >= 0.3 is 0 Å². The summed E-state index contributed by atoms with van der Waals surface area (Å²) in [7, 11) is 0. The minimum atomic E-state index is -0.146. The van der Waals surface area contributed by atoms with E-state index in [0.717, 1.165) is 45.6 Å². The van der Waals surface area contributed by atoms with Crippen LogP contribution in [0.1, 0.15) is 33.6 Å². The van der Waals surface area contributed by atoms with E-state index in [9.17, 15) is 9.59 Å². The van der Waals surface area contributed by atoms with Crippen molar-refractivity contribution < 1.29 is 9.59 Å². The standard InChI is InChI=1S/C24H25N3O2S/c28-23-18-6-1-2-7-19(18)24(29)27(23)12-4-3-11-25-13-15-26(16-14-25)21-8-5-9-22-20(21)10-17-30-22/h1-2,5-10,17H,3-4,11-16H2. The fourth-order valence-electron chi connectivity index (χ4n) is 4.51. The molecule has 0 bridgehead atoms. The first-order valence-corrected chi connectivity index (χ1v) is 11.5. The molecule has 1 saturated heterocycles. The SMILES string of the molecule is O=C1c2ccccc2C(=O)N1CCCCN1CCN(c2cccc3sccc23)CC1. The predicted octanol–water partition coefficient (Wildman–Crippen LogP) is 4.10. The van der Waals surface area contributed by atoms with E-state index in [1.807, 2.05) is 12.1 Å². The van der Waals surface area contributed by atoms with Gasteiger partial charge in [0.05, 0.1) is 11.1 Å². The summed E-state index contributed by atoms with van der Waals surface area (Å²) in [6, 6.07) is 15.9. The van der Waals surface area contributed by atoms with Gasteiger partial charge in [0, 0.05) is 48.5 Å². The highest BCUT2D eigenvalue weighted by molar-refractivity contribution is 7.17. The molecule has 3 aromatic rings.